The molecule has 2 aliphatic rings. The largest absolute Gasteiger partial charge is 0.454 e. The number of nitrogens with zero attached hydrogens (tertiary/aromatic N) is 1. The number of hydrogen-bond acceptors (Lipinski definition) is 3. The number of nitrogens with two attached hydrogens (primary N) is 1. The van der Waals surface area contributed by atoms with E-state index >= 15 is 0 Å². The van der Waals surface area contributed by atoms with Gasteiger partial charge in [-0.2, -0.15) is 13.2 Å². The van der Waals surface area contributed by atoms with Crippen molar-refractivity contribution in [2.75, 3.05) is 0 Å². The molecule has 1 unspecified atom stereocenters. The van der Waals surface area contributed by atoms with Gasteiger partial charge in [-0.05, 0) is 24.3 Å². The highest BCUT2D eigenvalue weighted by Crippen LogP contribution is 2.35. The van der Waals surface area contributed by atoms with E-state index in [-0.39, 0.29) is 0 Å². The van der Waals surface area contributed by atoms with Crippen LogP contribution in [0.1, 0.15) is 11.1 Å². The molecule has 0 amide bonds. The van der Waals surface area contributed by atoms with Gasteiger partial charge in [-0.15, -0.1) is 0 Å². The van der Waals surface area contributed by atoms with Crippen molar-refractivity contribution in [3.8, 4) is 0 Å². The second kappa shape index (κ2) is 4.42. The van der Waals surface area contributed by atoms with Gasteiger partial charge in [0, 0.05) is 11.8 Å². The Morgan fingerprint density at radius 2 is 1.80 bits per heavy atom. The summed E-state index contributed by atoms with van der Waals surface area (Å²) < 4.78 is 43.1. The first-order valence-electron chi connectivity index (χ1n) is 5.94. The summed E-state index contributed by atoms with van der Waals surface area (Å²) >= 11 is 0. The summed E-state index contributed by atoms with van der Waals surface area (Å²) in [4.78, 5) is 1.72. The minimum Gasteiger partial charge on any atom is -0.454 e. The highest BCUT2D eigenvalue weighted by Gasteiger charge is 2.32. The Hall–Kier alpha value is -2.21. The minimum atomic E-state index is -4.34. The zero-order valence-electron chi connectivity index (χ0n) is 10.3. The predicted molar refractivity (Wildman–Crippen MR) is 67.5 cm³/mol. The van der Waals surface area contributed by atoms with Crippen molar-refractivity contribution in [3.05, 3.63) is 65.5 Å². The Morgan fingerprint density at radius 3 is 2.45 bits per heavy atom. The predicted octanol–water partition coefficient (Wildman–Crippen LogP) is 3.03. The third-order valence-corrected chi connectivity index (χ3v) is 3.11. The van der Waals surface area contributed by atoms with Crippen LogP contribution in [0.15, 0.2) is 54.4 Å². The Balaban J connectivity index is 1.98. The fourth-order valence-corrected chi connectivity index (χ4v) is 2.13. The van der Waals surface area contributed by atoms with Crippen LogP contribution in [0.25, 0.3) is 5.76 Å². The van der Waals surface area contributed by atoms with Crippen LogP contribution >= 0.6 is 0 Å². The van der Waals surface area contributed by atoms with E-state index in [9.17, 15) is 13.2 Å². The van der Waals surface area contributed by atoms with Crippen LogP contribution < -0.4 is 5.73 Å². The lowest BCUT2D eigenvalue weighted by atomic mass is 10.1. The number of rotatable bonds is 1. The molecule has 2 aliphatic heterocycles. The molecule has 2 N–H and O–H groups in total. The van der Waals surface area contributed by atoms with Gasteiger partial charge in [0.1, 0.15) is 0 Å². The summed E-state index contributed by atoms with van der Waals surface area (Å²) in [6, 6.07) is 4.83. The highest BCUT2D eigenvalue weighted by atomic mass is 19.4. The number of hydrogen-bond donors (Lipinski definition) is 1. The summed E-state index contributed by atoms with van der Waals surface area (Å²) in [6.45, 7) is 0. The van der Waals surface area contributed by atoms with E-state index in [0.29, 0.717) is 11.3 Å². The lowest BCUT2D eigenvalue weighted by Crippen LogP contribution is -2.34. The summed E-state index contributed by atoms with van der Waals surface area (Å²) in [5.74, 6) is 0.479. The molecule has 20 heavy (non-hydrogen) atoms. The van der Waals surface area contributed by atoms with Crippen LogP contribution in [0.3, 0.4) is 0 Å². The van der Waals surface area contributed by atoms with Crippen molar-refractivity contribution in [3.63, 3.8) is 0 Å². The number of allylic oxidation sites excluding steroid dienone is 3. The van der Waals surface area contributed by atoms with Gasteiger partial charge >= 0.3 is 6.18 Å². The van der Waals surface area contributed by atoms with E-state index in [1.807, 2.05) is 12.2 Å². The molecule has 0 saturated carbocycles. The molecule has 0 spiro atoms. The Kier molecular flexibility index (Phi) is 2.83. The summed E-state index contributed by atoms with van der Waals surface area (Å²) in [7, 11) is 0. The zero-order valence-corrected chi connectivity index (χ0v) is 10.3. The molecule has 0 aliphatic carbocycles. The quantitative estimate of drug-likeness (QED) is 0.859. The van der Waals surface area contributed by atoms with E-state index < -0.39 is 18.1 Å². The number of alkyl halides is 3. The molecule has 0 saturated heterocycles. The molecule has 1 atom stereocenters. The van der Waals surface area contributed by atoms with Crippen molar-refractivity contribution < 1.29 is 17.9 Å². The monoisotopic (exact) mass is 280 g/mol. The molecule has 1 aromatic rings. The molecular formula is C14H11F3N2O. The Labute approximate surface area is 113 Å². The maximum absolute atomic E-state index is 12.5. The van der Waals surface area contributed by atoms with Gasteiger partial charge in [0.25, 0.3) is 0 Å². The number of halogens is 3. The van der Waals surface area contributed by atoms with Crippen molar-refractivity contribution in [2.24, 2.45) is 5.73 Å². The fourth-order valence-electron chi connectivity index (χ4n) is 2.13. The molecule has 104 valence electrons. The van der Waals surface area contributed by atoms with Gasteiger partial charge in [-0.1, -0.05) is 18.2 Å². The lowest BCUT2D eigenvalue weighted by molar-refractivity contribution is -0.137. The molecular weight excluding hydrogens is 269 g/mol. The summed E-state index contributed by atoms with van der Waals surface area (Å²) in [5.41, 5.74) is 6.42. The van der Waals surface area contributed by atoms with Crippen molar-refractivity contribution in [1.29, 1.82) is 0 Å². The average molecular weight is 280 g/mol. The SMILES string of the molecule is NC1OC(c2ccc(C(F)(F)F)cc2)=C2C=CC=CN21. The van der Waals surface area contributed by atoms with Gasteiger partial charge < -0.3 is 4.74 Å². The molecule has 0 bridgehead atoms. The third kappa shape index (κ3) is 2.08. The van der Waals surface area contributed by atoms with Crippen LogP contribution in [-0.4, -0.2) is 11.3 Å². The minimum absolute atomic E-state index is 0.479. The first kappa shape index (κ1) is 12.8. The maximum atomic E-state index is 12.5. The normalized spacial score (nSPS) is 21.2. The molecule has 3 rings (SSSR count). The van der Waals surface area contributed by atoms with E-state index in [2.05, 4.69) is 0 Å². The van der Waals surface area contributed by atoms with Gasteiger partial charge in [-0.3, -0.25) is 10.6 Å². The summed E-state index contributed by atoms with van der Waals surface area (Å²) in [5, 5.41) is 0. The molecule has 6 heteroatoms. The van der Waals surface area contributed by atoms with E-state index in [1.54, 1.807) is 17.2 Å². The van der Waals surface area contributed by atoms with E-state index in [4.69, 9.17) is 10.5 Å². The van der Waals surface area contributed by atoms with Gasteiger partial charge in [-0.25, -0.2) is 0 Å². The van der Waals surface area contributed by atoms with Crippen molar-refractivity contribution in [1.82, 2.24) is 4.90 Å². The van der Waals surface area contributed by atoms with Crippen LogP contribution in [-0.2, 0) is 10.9 Å². The molecule has 2 heterocycles. The smallest absolute Gasteiger partial charge is 0.416 e. The maximum Gasteiger partial charge on any atom is 0.416 e. The first-order valence-corrected chi connectivity index (χ1v) is 5.94. The Bertz CT molecular complexity index is 614. The highest BCUT2D eigenvalue weighted by molar-refractivity contribution is 5.68. The molecule has 0 fully saturated rings. The van der Waals surface area contributed by atoms with Gasteiger partial charge in [0.05, 0.1) is 11.3 Å². The zero-order chi connectivity index (χ0) is 14.3. The average Bonchev–Trinajstić information content (AvgIpc) is 2.76. The van der Waals surface area contributed by atoms with Gasteiger partial charge in [0.2, 0.25) is 6.35 Å². The number of benzene rings is 1. The number of fused-ring (bicyclic) bond motifs is 1. The molecule has 3 nitrogen and oxygen atoms in total. The second-order valence-electron chi connectivity index (χ2n) is 4.41. The van der Waals surface area contributed by atoms with E-state index in [0.717, 1.165) is 17.8 Å². The van der Waals surface area contributed by atoms with Crippen LogP contribution in [0, 0.1) is 0 Å². The topological polar surface area (TPSA) is 38.5 Å². The Morgan fingerprint density at radius 1 is 1.10 bits per heavy atom. The first-order chi connectivity index (χ1) is 9.47. The van der Waals surface area contributed by atoms with Crippen LogP contribution in [0.2, 0.25) is 0 Å². The van der Waals surface area contributed by atoms with Crippen LogP contribution in [0.5, 0.6) is 0 Å². The van der Waals surface area contributed by atoms with E-state index in [1.165, 1.54) is 12.1 Å². The molecule has 1 aromatic carbocycles. The van der Waals surface area contributed by atoms with Gasteiger partial charge in [0.15, 0.2) is 5.76 Å². The third-order valence-electron chi connectivity index (χ3n) is 3.11. The second-order valence-corrected chi connectivity index (χ2v) is 4.41. The lowest BCUT2D eigenvalue weighted by Gasteiger charge is -2.19. The number of ether oxygens (including phenoxy) is 1. The van der Waals surface area contributed by atoms with Crippen molar-refractivity contribution in [2.45, 2.75) is 12.5 Å². The molecule has 0 radical (unpaired) electrons. The fraction of sp³-hybridized carbons (Fsp3) is 0.143. The summed E-state index contributed by atoms with van der Waals surface area (Å²) in [6.07, 6.45) is 2.18. The standard InChI is InChI=1S/C14H11F3N2O/c15-14(16,17)10-6-4-9(5-7-10)12-11-3-1-2-8-19(11)13(18)20-12/h1-8,13H,18H2. The van der Waals surface area contributed by atoms with Crippen molar-refractivity contribution >= 4 is 5.76 Å². The molecule has 0 aromatic heterocycles. The van der Waals surface area contributed by atoms with Crippen LogP contribution in [0.4, 0.5) is 13.2 Å².